The Kier molecular flexibility index (Phi) is 5.64. The van der Waals surface area contributed by atoms with Crippen LogP contribution < -0.4 is 10.1 Å². The number of aromatic nitrogens is 2. The highest BCUT2D eigenvalue weighted by Crippen LogP contribution is 2.37. The Hall–Kier alpha value is -2.14. The first-order valence-electron chi connectivity index (χ1n) is 8.73. The van der Waals surface area contributed by atoms with E-state index in [1.54, 1.807) is 7.11 Å². The van der Waals surface area contributed by atoms with E-state index in [1.807, 2.05) is 24.5 Å². The van der Waals surface area contributed by atoms with Gasteiger partial charge in [0, 0.05) is 42.7 Å². The van der Waals surface area contributed by atoms with Gasteiger partial charge in [0.2, 0.25) is 5.95 Å². The van der Waals surface area contributed by atoms with Gasteiger partial charge in [0.05, 0.1) is 7.11 Å². The molecule has 2 heterocycles. The van der Waals surface area contributed by atoms with Crippen LogP contribution in [0.4, 0.5) is 5.95 Å². The zero-order chi connectivity index (χ0) is 16.8. The standard InChI is InChI=1S/C19H26N4O/c1-3-10-20-19-21-12-15(13-22-19)14-23-11-6-8-17(23)16-7-4-5-9-18(16)24-2/h4-5,7,9,12-13,17H,3,6,8,10-11,14H2,1-2H3,(H,20,21,22)/t17-/m0/s1. The summed E-state index contributed by atoms with van der Waals surface area (Å²) in [4.78, 5) is 11.3. The fourth-order valence-electron chi connectivity index (χ4n) is 3.31. The van der Waals surface area contributed by atoms with Gasteiger partial charge < -0.3 is 10.1 Å². The lowest BCUT2D eigenvalue weighted by atomic mass is 10.0. The highest BCUT2D eigenvalue weighted by Gasteiger charge is 2.28. The molecular formula is C19H26N4O. The van der Waals surface area contributed by atoms with Crippen molar-refractivity contribution in [3.8, 4) is 5.75 Å². The molecule has 0 unspecified atom stereocenters. The Morgan fingerprint density at radius 3 is 2.79 bits per heavy atom. The fraction of sp³-hybridized carbons (Fsp3) is 0.474. The van der Waals surface area contributed by atoms with E-state index in [1.165, 1.54) is 12.0 Å². The molecule has 0 aliphatic carbocycles. The van der Waals surface area contributed by atoms with Crippen molar-refractivity contribution in [2.45, 2.75) is 38.8 Å². The number of nitrogens with one attached hydrogen (secondary N) is 1. The molecule has 0 amide bonds. The number of para-hydroxylation sites is 1. The van der Waals surface area contributed by atoms with Gasteiger partial charge in [-0.05, 0) is 31.9 Å². The van der Waals surface area contributed by atoms with E-state index in [9.17, 15) is 0 Å². The van der Waals surface area contributed by atoms with Crippen LogP contribution in [-0.4, -0.2) is 35.1 Å². The van der Waals surface area contributed by atoms with Crippen molar-refractivity contribution in [2.75, 3.05) is 25.5 Å². The molecule has 1 aliphatic heterocycles. The maximum absolute atomic E-state index is 5.55. The van der Waals surface area contributed by atoms with Crippen molar-refractivity contribution in [1.82, 2.24) is 14.9 Å². The third-order valence-corrected chi connectivity index (χ3v) is 4.49. The fourth-order valence-corrected chi connectivity index (χ4v) is 3.31. The Morgan fingerprint density at radius 1 is 1.25 bits per heavy atom. The van der Waals surface area contributed by atoms with Crippen LogP contribution in [0.2, 0.25) is 0 Å². The molecule has 5 nitrogen and oxygen atoms in total. The third-order valence-electron chi connectivity index (χ3n) is 4.49. The summed E-state index contributed by atoms with van der Waals surface area (Å²) in [7, 11) is 1.74. The van der Waals surface area contributed by atoms with Gasteiger partial charge in [0.1, 0.15) is 5.75 Å². The number of rotatable bonds is 7. The topological polar surface area (TPSA) is 50.3 Å². The lowest BCUT2D eigenvalue weighted by Crippen LogP contribution is -2.23. The van der Waals surface area contributed by atoms with Crippen molar-refractivity contribution in [3.63, 3.8) is 0 Å². The summed E-state index contributed by atoms with van der Waals surface area (Å²) in [5.74, 6) is 1.69. The van der Waals surface area contributed by atoms with E-state index in [2.05, 4.69) is 39.2 Å². The molecule has 1 aliphatic rings. The molecule has 2 aromatic rings. The van der Waals surface area contributed by atoms with E-state index in [-0.39, 0.29) is 0 Å². The molecule has 1 N–H and O–H groups in total. The molecule has 1 saturated heterocycles. The summed E-state index contributed by atoms with van der Waals surface area (Å²) in [6, 6.07) is 8.74. The minimum atomic E-state index is 0.402. The molecule has 1 aromatic heterocycles. The third kappa shape index (κ3) is 3.85. The van der Waals surface area contributed by atoms with Crippen molar-refractivity contribution >= 4 is 5.95 Å². The van der Waals surface area contributed by atoms with Crippen molar-refractivity contribution in [1.29, 1.82) is 0 Å². The van der Waals surface area contributed by atoms with Gasteiger partial charge in [0.25, 0.3) is 0 Å². The second-order valence-corrected chi connectivity index (χ2v) is 6.21. The van der Waals surface area contributed by atoms with E-state index in [4.69, 9.17) is 4.74 Å². The van der Waals surface area contributed by atoms with Crippen LogP contribution in [0.1, 0.15) is 43.4 Å². The van der Waals surface area contributed by atoms with Crippen molar-refractivity contribution in [2.24, 2.45) is 0 Å². The molecule has 128 valence electrons. The number of likely N-dealkylation sites (tertiary alicyclic amines) is 1. The molecule has 1 aromatic carbocycles. The van der Waals surface area contributed by atoms with Crippen LogP contribution in [0.15, 0.2) is 36.7 Å². The predicted octanol–water partition coefficient (Wildman–Crippen LogP) is 3.64. The maximum atomic E-state index is 5.55. The monoisotopic (exact) mass is 326 g/mol. The zero-order valence-electron chi connectivity index (χ0n) is 14.5. The molecule has 24 heavy (non-hydrogen) atoms. The Morgan fingerprint density at radius 2 is 2.04 bits per heavy atom. The van der Waals surface area contributed by atoms with Gasteiger partial charge in [-0.2, -0.15) is 0 Å². The maximum Gasteiger partial charge on any atom is 0.222 e. The summed E-state index contributed by atoms with van der Waals surface area (Å²) < 4.78 is 5.55. The summed E-state index contributed by atoms with van der Waals surface area (Å²) >= 11 is 0. The van der Waals surface area contributed by atoms with Crippen LogP contribution in [0, 0.1) is 0 Å². The molecule has 1 atom stereocenters. The molecule has 0 saturated carbocycles. The SMILES string of the molecule is CCCNc1ncc(CN2CCC[C@H]2c2ccccc2OC)cn1. The summed E-state index contributed by atoms with van der Waals surface area (Å²) in [6.07, 6.45) is 7.31. The quantitative estimate of drug-likeness (QED) is 0.842. The highest BCUT2D eigenvalue weighted by atomic mass is 16.5. The first-order valence-corrected chi connectivity index (χ1v) is 8.73. The lowest BCUT2D eigenvalue weighted by molar-refractivity contribution is 0.242. The molecule has 0 radical (unpaired) electrons. The molecule has 0 spiro atoms. The van der Waals surface area contributed by atoms with E-state index >= 15 is 0 Å². The molecular weight excluding hydrogens is 300 g/mol. The zero-order valence-corrected chi connectivity index (χ0v) is 14.5. The largest absolute Gasteiger partial charge is 0.496 e. The average molecular weight is 326 g/mol. The Balaban J connectivity index is 1.70. The number of hydrogen-bond donors (Lipinski definition) is 1. The average Bonchev–Trinajstić information content (AvgIpc) is 3.09. The Bertz CT molecular complexity index is 644. The van der Waals surface area contributed by atoms with Crippen LogP contribution in [0.5, 0.6) is 5.75 Å². The van der Waals surface area contributed by atoms with E-state index in [0.29, 0.717) is 12.0 Å². The summed E-state index contributed by atoms with van der Waals surface area (Å²) in [5, 5.41) is 3.21. The van der Waals surface area contributed by atoms with Crippen LogP contribution in [-0.2, 0) is 6.54 Å². The molecule has 0 bridgehead atoms. The minimum absolute atomic E-state index is 0.402. The Labute approximate surface area is 144 Å². The van der Waals surface area contributed by atoms with Gasteiger partial charge in [0.15, 0.2) is 0 Å². The van der Waals surface area contributed by atoms with Gasteiger partial charge in [-0.25, -0.2) is 9.97 Å². The highest BCUT2D eigenvalue weighted by molar-refractivity contribution is 5.36. The molecule has 1 fully saturated rings. The minimum Gasteiger partial charge on any atom is -0.496 e. The van der Waals surface area contributed by atoms with E-state index in [0.717, 1.165) is 43.8 Å². The number of hydrogen-bond acceptors (Lipinski definition) is 5. The second-order valence-electron chi connectivity index (χ2n) is 6.21. The van der Waals surface area contributed by atoms with E-state index < -0.39 is 0 Å². The normalized spacial score (nSPS) is 17.8. The van der Waals surface area contributed by atoms with Gasteiger partial charge in [-0.1, -0.05) is 25.1 Å². The van der Waals surface area contributed by atoms with Gasteiger partial charge in [-0.3, -0.25) is 4.90 Å². The second kappa shape index (κ2) is 8.11. The summed E-state index contributed by atoms with van der Waals surface area (Å²) in [6.45, 7) is 5.00. The van der Waals surface area contributed by atoms with Gasteiger partial charge >= 0.3 is 0 Å². The number of benzene rings is 1. The molecule has 3 rings (SSSR count). The van der Waals surface area contributed by atoms with Crippen molar-refractivity contribution in [3.05, 3.63) is 47.8 Å². The first kappa shape index (κ1) is 16.7. The summed E-state index contributed by atoms with van der Waals surface area (Å²) in [5.41, 5.74) is 2.43. The smallest absolute Gasteiger partial charge is 0.222 e. The van der Waals surface area contributed by atoms with Crippen LogP contribution in [0.25, 0.3) is 0 Å². The molecule has 5 heteroatoms. The number of nitrogens with zero attached hydrogens (tertiary/aromatic N) is 3. The lowest BCUT2D eigenvalue weighted by Gasteiger charge is -2.26. The number of anilines is 1. The number of methoxy groups -OCH3 is 1. The number of ether oxygens (including phenoxy) is 1. The van der Waals surface area contributed by atoms with Crippen LogP contribution in [0.3, 0.4) is 0 Å². The predicted molar refractivity (Wildman–Crippen MR) is 96.2 cm³/mol. The van der Waals surface area contributed by atoms with Crippen LogP contribution >= 0.6 is 0 Å². The van der Waals surface area contributed by atoms with Crippen molar-refractivity contribution < 1.29 is 4.74 Å². The van der Waals surface area contributed by atoms with Gasteiger partial charge in [-0.15, -0.1) is 0 Å². The first-order chi connectivity index (χ1) is 11.8.